The van der Waals surface area contributed by atoms with Gasteiger partial charge in [0.2, 0.25) is 0 Å². The number of halogens is 1. The first-order valence-electron chi connectivity index (χ1n) is 7.45. The summed E-state index contributed by atoms with van der Waals surface area (Å²) in [5.74, 6) is 0.379. The topological polar surface area (TPSA) is 30.5 Å². The first-order valence-corrected chi connectivity index (χ1v) is 7.45. The molecule has 0 bridgehead atoms. The molecule has 3 nitrogen and oxygen atoms in total. The van der Waals surface area contributed by atoms with Crippen LogP contribution in [0.5, 0.6) is 0 Å². The average Bonchev–Trinajstić information content (AvgIpc) is 2.39. The molecule has 1 aliphatic carbocycles. The summed E-state index contributed by atoms with van der Waals surface area (Å²) in [6.07, 6.45) is 2.03. The maximum atomic E-state index is 12.9. The highest BCUT2D eigenvalue weighted by molar-refractivity contribution is 5.23. The van der Waals surface area contributed by atoms with Crippen LogP contribution in [-0.2, 0) is 9.47 Å². The predicted octanol–water partition coefficient (Wildman–Crippen LogP) is 3.06. The van der Waals surface area contributed by atoms with Gasteiger partial charge in [-0.2, -0.15) is 0 Å². The number of benzene rings is 1. The fourth-order valence-corrected chi connectivity index (χ4v) is 2.59. The molecule has 0 amide bonds. The average molecular weight is 281 g/mol. The molecule has 0 saturated heterocycles. The van der Waals surface area contributed by atoms with Crippen molar-refractivity contribution in [2.75, 3.05) is 19.8 Å². The molecular weight excluding hydrogens is 257 g/mol. The standard InChI is InChI=1S/C16H24FNO2/c1-3-19-16(20-4-2)11-18-15-9-13(10-15)12-5-7-14(17)8-6-12/h5-8,13,15-16,18H,3-4,9-11H2,1-2H3. The zero-order valence-electron chi connectivity index (χ0n) is 12.3. The van der Waals surface area contributed by atoms with Crippen molar-refractivity contribution < 1.29 is 13.9 Å². The molecule has 0 aromatic heterocycles. The number of rotatable bonds is 8. The third-order valence-corrected chi connectivity index (χ3v) is 3.76. The summed E-state index contributed by atoms with van der Waals surface area (Å²) in [6, 6.07) is 7.36. The second-order valence-corrected chi connectivity index (χ2v) is 5.17. The van der Waals surface area contributed by atoms with Gasteiger partial charge in [0, 0.05) is 25.8 Å². The van der Waals surface area contributed by atoms with Gasteiger partial charge in [-0.25, -0.2) is 4.39 Å². The first-order chi connectivity index (χ1) is 9.72. The van der Waals surface area contributed by atoms with Gasteiger partial charge in [0.15, 0.2) is 6.29 Å². The van der Waals surface area contributed by atoms with Crippen molar-refractivity contribution in [3.8, 4) is 0 Å². The molecule has 0 radical (unpaired) electrons. The molecule has 2 rings (SSSR count). The summed E-state index contributed by atoms with van der Waals surface area (Å²) in [7, 11) is 0. The van der Waals surface area contributed by atoms with Crippen LogP contribution >= 0.6 is 0 Å². The minimum atomic E-state index is -0.168. The van der Waals surface area contributed by atoms with Crippen LogP contribution in [0.2, 0.25) is 0 Å². The zero-order chi connectivity index (χ0) is 14.4. The first kappa shape index (κ1) is 15.4. The van der Waals surface area contributed by atoms with Crippen LogP contribution in [0.3, 0.4) is 0 Å². The minimum absolute atomic E-state index is 0.158. The Balaban J connectivity index is 1.69. The van der Waals surface area contributed by atoms with Crippen LogP contribution in [0.4, 0.5) is 4.39 Å². The van der Waals surface area contributed by atoms with Crippen molar-refractivity contribution in [3.63, 3.8) is 0 Å². The lowest BCUT2D eigenvalue weighted by molar-refractivity contribution is -0.134. The molecular formula is C16H24FNO2. The Morgan fingerprint density at radius 2 is 1.75 bits per heavy atom. The minimum Gasteiger partial charge on any atom is -0.352 e. The van der Waals surface area contributed by atoms with E-state index in [-0.39, 0.29) is 12.1 Å². The fourth-order valence-electron chi connectivity index (χ4n) is 2.59. The van der Waals surface area contributed by atoms with Crippen LogP contribution in [0, 0.1) is 5.82 Å². The lowest BCUT2D eigenvalue weighted by atomic mass is 9.76. The normalized spacial score (nSPS) is 22.0. The van der Waals surface area contributed by atoms with Crippen molar-refractivity contribution in [2.24, 2.45) is 0 Å². The Bertz CT molecular complexity index is 384. The smallest absolute Gasteiger partial charge is 0.169 e. The highest BCUT2D eigenvalue weighted by Crippen LogP contribution is 2.36. The molecule has 1 aromatic rings. The molecule has 1 N–H and O–H groups in total. The van der Waals surface area contributed by atoms with Gasteiger partial charge < -0.3 is 14.8 Å². The summed E-state index contributed by atoms with van der Waals surface area (Å²) in [6.45, 7) is 5.99. The van der Waals surface area contributed by atoms with Crippen LogP contribution < -0.4 is 5.32 Å². The highest BCUT2D eigenvalue weighted by atomic mass is 19.1. The van der Waals surface area contributed by atoms with E-state index in [1.54, 1.807) is 0 Å². The van der Waals surface area contributed by atoms with E-state index in [0.29, 0.717) is 25.2 Å². The van der Waals surface area contributed by atoms with Crippen LogP contribution in [0.15, 0.2) is 24.3 Å². The summed E-state index contributed by atoms with van der Waals surface area (Å²) in [5, 5.41) is 3.48. The number of hydrogen-bond acceptors (Lipinski definition) is 3. The third-order valence-electron chi connectivity index (χ3n) is 3.76. The molecule has 0 unspecified atom stereocenters. The highest BCUT2D eigenvalue weighted by Gasteiger charge is 2.30. The van der Waals surface area contributed by atoms with E-state index in [9.17, 15) is 4.39 Å². The lowest BCUT2D eigenvalue weighted by Gasteiger charge is -2.37. The summed E-state index contributed by atoms with van der Waals surface area (Å²) < 4.78 is 23.9. The van der Waals surface area contributed by atoms with Crippen molar-refractivity contribution in [3.05, 3.63) is 35.6 Å². The van der Waals surface area contributed by atoms with Crippen molar-refractivity contribution in [1.29, 1.82) is 0 Å². The van der Waals surface area contributed by atoms with Crippen LogP contribution in [0.25, 0.3) is 0 Å². The Hall–Kier alpha value is -0.970. The second-order valence-electron chi connectivity index (χ2n) is 5.17. The lowest BCUT2D eigenvalue weighted by Crippen LogP contribution is -2.44. The van der Waals surface area contributed by atoms with Crippen molar-refractivity contribution in [1.82, 2.24) is 5.32 Å². The third kappa shape index (κ3) is 4.27. The van der Waals surface area contributed by atoms with Gasteiger partial charge >= 0.3 is 0 Å². The molecule has 0 spiro atoms. The number of ether oxygens (including phenoxy) is 2. The SMILES string of the molecule is CCOC(CNC1CC(c2ccc(F)cc2)C1)OCC. The summed E-state index contributed by atoms with van der Waals surface area (Å²) in [5.41, 5.74) is 1.23. The molecule has 0 aliphatic heterocycles. The summed E-state index contributed by atoms with van der Waals surface area (Å²) in [4.78, 5) is 0. The van der Waals surface area contributed by atoms with E-state index >= 15 is 0 Å². The molecule has 1 fully saturated rings. The van der Waals surface area contributed by atoms with Gasteiger partial charge in [0.1, 0.15) is 5.82 Å². The second kappa shape index (κ2) is 7.72. The number of hydrogen-bond donors (Lipinski definition) is 1. The van der Waals surface area contributed by atoms with E-state index in [4.69, 9.17) is 9.47 Å². The summed E-state index contributed by atoms with van der Waals surface area (Å²) >= 11 is 0. The molecule has 4 heteroatoms. The van der Waals surface area contributed by atoms with Crippen LogP contribution in [-0.4, -0.2) is 32.1 Å². The van der Waals surface area contributed by atoms with Gasteiger partial charge in [-0.1, -0.05) is 12.1 Å². The van der Waals surface area contributed by atoms with Gasteiger partial charge in [0.05, 0.1) is 0 Å². The maximum absolute atomic E-state index is 12.9. The monoisotopic (exact) mass is 281 g/mol. The van der Waals surface area contributed by atoms with Gasteiger partial charge in [-0.3, -0.25) is 0 Å². The van der Waals surface area contributed by atoms with E-state index in [1.165, 1.54) is 17.7 Å². The molecule has 1 aliphatic rings. The molecule has 1 saturated carbocycles. The molecule has 1 aromatic carbocycles. The Kier molecular flexibility index (Phi) is 5.95. The quantitative estimate of drug-likeness (QED) is 0.743. The Morgan fingerprint density at radius 3 is 2.30 bits per heavy atom. The van der Waals surface area contributed by atoms with Gasteiger partial charge in [-0.15, -0.1) is 0 Å². The van der Waals surface area contributed by atoms with Gasteiger partial charge in [0.25, 0.3) is 0 Å². The van der Waals surface area contributed by atoms with Crippen molar-refractivity contribution >= 4 is 0 Å². The maximum Gasteiger partial charge on any atom is 0.169 e. The molecule has 0 atom stereocenters. The van der Waals surface area contributed by atoms with Crippen molar-refractivity contribution in [2.45, 2.75) is 44.9 Å². The van der Waals surface area contributed by atoms with Crippen LogP contribution in [0.1, 0.15) is 38.2 Å². The Morgan fingerprint density at radius 1 is 1.15 bits per heavy atom. The largest absolute Gasteiger partial charge is 0.352 e. The fraction of sp³-hybridized carbons (Fsp3) is 0.625. The Labute approximate surface area is 120 Å². The predicted molar refractivity (Wildman–Crippen MR) is 77.2 cm³/mol. The van der Waals surface area contributed by atoms with E-state index < -0.39 is 0 Å². The number of nitrogens with one attached hydrogen (secondary N) is 1. The van der Waals surface area contributed by atoms with E-state index in [2.05, 4.69) is 5.32 Å². The van der Waals surface area contributed by atoms with E-state index in [1.807, 2.05) is 26.0 Å². The zero-order valence-corrected chi connectivity index (χ0v) is 12.3. The van der Waals surface area contributed by atoms with E-state index in [0.717, 1.165) is 19.4 Å². The van der Waals surface area contributed by atoms with Gasteiger partial charge in [-0.05, 0) is 50.3 Å². The molecule has 0 heterocycles. The molecule has 112 valence electrons. The molecule has 20 heavy (non-hydrogen) atoms.